The lowest BCUT2D eigenvalue weighted by molar-refractivity contribution is -0.137. The molecule has 37 heavy (non-hydrogen) atoms. The van der Waals surface area contributed by atoms with Gasteiger partial charge in [-0.1, -0.05) is 0 Å². The van der Waals surface area contributed by atoms with Gasteiger partial charge in [-0.3, -0.25) is 4.57 Å². The minimum atomic E-state index is -4.58. The summed E-state index contributed by atoms with van der Waals surface area (Å²) in [5.74, 6) is 0.919. The average molecular weight is 503 g/mol. The van der Waals surface area contributed by atoms with Crippen LogP contribution in [0.5, 0.6) is 0 Å². The number of nitrogens with zero attached hydrogens (tertiary/aromatic N) is 9. The summed E-state index contributed by atoms with van der Waals surface area (Å²) in [6.07, 6.45) is 8.17. The van der Waals surface area contributed by atoms with Crippen molar-refractivity contribution in [2.75, 3.05) is 10.6 Å². The van der Waals surface area contributed by atoms with E-state index in [2.05, 4.69) is 40.7 Å². The van der Waals surface area contributed by atoms with Crippen molar-refractivity contribution in [2.45, 2.75) is 6.18 Å². The van der Waals surface area contributed by atoms with E-state index in [1.165, 1.54) is 23.4 Å². The fourth-order valence-corrected chi connectivity index (χ4v) is 3.67. The van der Waals surface area contributed by atoms with E-state index in [4.69, 9.17) is 0 Å². The Morgan fingerprint density at radius 3 is 2.51 bits per heavy atom. The molecule has 5 heterocycles. The molecule has 0 aliphatic carbocycles. The smallest absolute Gasteiger partial charge is 0.340 e. The second kappa shape index (κ2) is 8.75. The lowest BCUT2D eigenvalue weighted by Crippen LogP contribution is -2.09. The van der Waals surface area contributed by atoms with Crippen molar-refractivity contribution in [1.82, 2.24) is 43.7 Å². The molecular weight excluding hydrogens is 487 g/mol. The van der Waals surface area contributed by atoms with Crippen LogP contribution >= 0.6 is 0 Å². The first-order valence-electron chi connectivity index (χ1n) is 10.8. The van der Waals surface area contributed by atoms with Crippen molar-refractivity contribution < 1.29 is 13.2 Å². The molecule has 0 atom stereocenters. The summed E-state index contributed by atoms with van der Waals surface area (Å²) >= 11 is 0. The van der Waals surface area contributed by atoms with Crippen molar-refractivity contribution >= 4 is 28.8 Å². The quantitative estimate of drug-likeness (QED) is 0.344. The number of hydrogen-bond donors (Lipinski definition) is 2. The number of nitrogens with one attached hydrogen (secondary N) is 2. The molecule has 184 valence electrons. The molecule has 0 saturated heterocycles. The minimum Gasteiger partial charge on any atom is -0.340 e. The Kier molecular flexibility index (Phi) is 5.25. The zero-order valence-corrected chi connectivity index (χ0v) is 18.7. The normalized spacial score (nSPS) is 11.6. The van der Waals surface area contributed by atoms with Crippen molar-refractivity contribution in [3.8, 4) is 11.5 Å². The fourth-order valence-electron chi connectivity index (χ4n) is 3.67. The third-order valence-electron chi connectivity index (χ3n) is 5.34. The maximum absolute atomic E-state index is 13.6. The summed E-state index contributed by atoms with van der Waals surface area (Å²) in [5, 5.41) is 10.0. The standard InChI is InChI=1S/C23H16F3N11/c24-23(25,26)15-7-17(9-18(8-15)37-14-28-12-30-37)32-22-33-19(11-21(34-22)36-5-2-27-13-36)31-16-1-4-35-6-3-29-20(35)10-16/h1-14H,(H2,31,32,33,34). The van der Waals surface area contributed by atoms with E-state index in [1.807, 2.05) is 28.9 Å². The first-order valence-corrected chi connectivity index (χ1v) is 10.8. The molecule has 0 aliphatic heterocycles. The van der Waals surface area contributed by atoms with Crippen LogP contribution < -0.4 is 10.6 Å². The first-order chi connectivity index (χ1) is 17.9. The highest BCUT2D eigenvalue weighted by Gasteiger charge is 2.31. The fraction of sp³-hybridized carbons (Fsp3) is 0.0435. The van der Waals surface area contributed by atoms with E-state index in [0.717, 1.165) is 17.8 Å². The monoisotopic (exact) mass is 503 g/mol. The van der Waals surface area contributed by atoms with Crippen LogP contribution in [0.15, 0.2) is 86.4 Å². The van der Waals surface area contributed by atoms with E-state index < -0.39 is 11.7 Å². The molecule has 0 amide bonds. The Hall–Kier alpha value is -5.27. The van der Waals surface area contributed by atoms with Gasteiger partial charge in [0.15, 0.2) is 0 Å². The van der Waals surface area contributed by atoms with Crippen molar-refractivity contribution in [1.29, 1.82) is 0 Å². The zero-order valence-electron chi connectivity index (χ0n) is 18.7. The average Bonchev–Trinajstić information content (AvgIpc) is 3.66. The number of fused-ring (bicyclic) bond motifs is 1. The highest BCUT2D eigenvalue weighted by molar-refractivity contribution is 5.65. The number of pyridine rings is 1. The highest BCUT2D eigenvalue weighted by Crippen LogP contribution is 2.33. The second-order valence-electron chi connectivity index (χ2n) is 7.87. The first kappa shape index (κ1) is 22.2. The van der Waals surface area contributed by atoms with E-state index in [9.17, 15) is 13.2 Å². The van der Waals surface area contributed by atoms with Crippen molar-refractivity contribution in [2.24, 2.45) is 0 Å². The second-order valence-corrected chi connectivity index (χ2v) is 7.87. The Morgan fingerprint density at radius 2 is 1.73 bits per heavy atom. The topological polar surface area (TPSA) is 116 Å². The maximum Gasteiger partial charge on any atom is 0.416 e. The van der Waals surface area contributed by atoms with Gasteiger partial charge in [-0.15, -0.1) is 0 Å². The molecule has 0 unspecified atom stereocenters. The molecule has 11 nitrogen and oxygen atoms in total. The number of alkyl halides is 3. The van der Waals surface area contributed by atoms with Gasteiger partial charge in [0.2, 0.25) is 5.95 Å². The van der Waals surface area contributed by atoms with Crippen LogP contribution in [0.2, 0.25) is 0 Å². The van der Waals surface area contributed by atoms with Crippen LogP contribution in [0.1, 0.15) is 5.56 Å². The molecule has 5 aromatic heterocycles. The van der Waals surface area contributed by atoms with Crippen molar-refractivity contribution in [3.63, 3.8) is 0 Å². The maximum atomic E-state index is 13.6. The number of halogens is 3. The number of aromatic nitrogens is 9. The van der Waals surface area contributed by atoms with E-state index in [0.29, 0.717) is 17.3 Å². The van der Waals surface area contributed by atoms with Gasteiger partial charge in [-0.2, -0.15) is 28.2 Å². The molecule has 0 radical (unpaired) electrons. The van der Waals surface area contributed by atoms with E-state index in [-0.39, 0.29) is 17.3 Å². The van der Waals surface area contributed by atoms with Gasteiger partial charge in [0.25, 0.3) is 0 Å². The van der Waals surface area contributed by atoms with Crippen LogP contribution in [0, 0.1) is 0 Å². The lowest BCUT2D eigenvalue weighted by Gasteiger charge is -2.15. The molecule has 14 heteroatoms. The molecular formula is C23H16F3N11. The highest BCUT2D eigenvalue weighted by atomic mass is 19.4. The largest absolute Gasteiger partial charge is 0.416 e. The molecule has 6 aromatic rings. The molecule has 0 bridgehead atoms. The molecule has 0 aliphatic rings. The predicted molar refractivity (Wildman–Crippen MR) is 127 cm³/mol. The van der Waals surface area contributed by atoms with Crippen molar-refractivity contribution in [3.05, 3.63) is 91.9 Å². The van der Waals surface area contributed by atoms with Crippen LogP contribution in [-0.4, -0.2) is 43.7 Å². The molecule has 0 saturated carbocycles. The van der Waals surface area contributed by atoms with Crippen LogP contribution in [0.3, 0.4) is 0 Å². The summed E-state index contributed by atoms with van der Waals surface area (Å²) in [7, 11) is 0. The Bertz CT molecular complexity index is 1670. The number of hydrogen-bond acceptors (Lipinski definition) is 8. The SMILES string of the molecule is FC(F)(F)c1cc(Nc2nc(Nc3ccn4ccnc4c3)cc(-n3ccnc3)n2)cc(-n2cncn2)c1. The third-order valence-corrected chi connectivity index (χ3v) is 5.34. The number of anilines is 4. The van der Waals surface area contributed by atoms with Gasteiger partial charge in [0.1, 0.15) is 36.3 Å². The van der Waals surface area contributed by atoms with Crippen LogP contribution in [0.25, 0.3) is 17.2 Å². The van der Waals surface area contributed by atoms with E-state index in [1.54, 1.807) is 35.6 Å². The van der Waals surface area contributed by atoms with Gasteiger partial charge in [-0.25, -0.2) is 19.6 Å². The van der Waals surface area contributed by atoms with Crippen LogP contribution in [0.4, 0.5) is 36.3 Å². The Balaban J connectivity index is 1.39. The number of rotatable bonds is 6. The van der Waals surface area contributed by atoms with Gasteiger partial charge < -0.3 is 15.0 Å². The lowest BCUT2D eigenvalue weighted by atomic mass is 10.1. The Labute approximate surface area is 206 Å². The molecule has 2 N–H and O–H groups in total. The summed E-state index contributed by atoms with van der Waals surface area (Å²) < 4.78 is 45.7. The van der Waals surface area contributed by atoms with Crippen LogP contribution in [-0.2, 0) is 6.18 Å². The predicted octanol–water partition coefficient (Wildman–Crippen LogP) is 4.40. The van der Waals surface area contributed by atoms with Gasteiger partial charge in [0, 0.05) is 54.5 Å². The zero-order chi connectivity index (χ0) is 25.4. The third kappa shape index (κ3) is 4.67. The molecule has 6 rings (SSSR count). The summed E-state index contributed by atoms with van der Waals surface area (Å²) in [6, 6.07) is 8.84. The van der Waals surface area contributed by atoms with Gasteiger partial charge in [0.05, 0.1) is 11.3 Å². The van der Waals surface area contributed by atoms with Gasteiger partial charge >= 0.3 is 6.18 Å². The summed E-state index contributed by atoms with van der Waals surface area (Å²) in [5.41, 5.74) is 0.879. The number of imidazole rings is 2. The summed E-state index contributed by atoms with van der Waals surface area (Å²) in [6.45, 7) is 0. The minimum absolute atomic E-state index is 0.0689. The Morgan fingerprint density at radius 1 is 0.811 bits per heavy atom. The van der Waals surface area contributed by atoms with Gasteiger partial charge in [-0.05, 0) is 24.3 Å². The van der Waals surface area contributed by atoms with E-state index >= 15 is 0 Å². The summed E-state index contributed by atoms with van der Waals surface area (Å²) in [4.78, 5) is 21.1. The number of benzene rings is 1. The molecule has 0 fully saturated rings. The molecule has 0 spiro atoms. The molecule has 1 aromatic carbocycles.